The molecule has 0 fully saturated rings. The summed E-state index contributed by atoms with van der Waals surface area (Å²) in [6, 6.07) is 3.69. The summed E-state index contributed by atoms with van der Waals surface area (Å²) in [7, 11) is 0. The highest BCUT2D eigenvalue weighted by Crippen LogP contribution is 2.21. The summed E-state index contributed by atoms with van der Waals surface area (Å²) < 4.78 is 5.65. The summed E-state index contributed by atoms with van der Waals surface area (Å²) in [5, 5.41) is 0. The van der Waals surface area contributed by atoms with Crippen molar-refractivity contribution in [2.45, 2.75) is 47.5 Å². The number of hydrogen-bond acceptors (Lipinski definition) is 3. The number of Topliss-reactive ketones (excluding diaryl/α,β-unsaturated/α-hetero) is 1. The molecule has 0 bridgehead atoms. The molecule has 1 aromatic heterocycles. The summed E-state index contributed by atoms with van der Waals surface area (Å²) >= 11 is 0. The maximum atomic E-state index is 11.3. The Morgan fingerprint density at radius 1 is 1.11 bits per heavy atom. The average Bonchev–Trinajstić information content (AvgIpc) is 2.77. The van der Waals surface area contributed by atoms with E-state index in [-0.39, 0.29) is 5.78 Å². The first kappa shape index (κ1) is 15.8. The number of carbonyl (C=O) groups excluding carboxylic acids is 1. The quantitative estimate of drug-likeness (QED) is 0.654. The minimum atomic E-state index is -0.0149. The lowest BCUT2D eigenvalue weighted by Gasteiger charge is -2.23. The van der Waals surface area contributed by atoms with Crippen molar-refractivity contribution >= 4 is 11.7 Å². The molecule has 1 heterocycles. The molecule has 1 rings (SSSR count). The van der Waals surface area contributed by atoms with Crippen LogP contribution in [0.4, 0.5) is 5.88 Å². The maximum Gasteiger partial charge on any atom is 0.196 e. The van der Waals surface area contributed by atoms with Crippen LogP contribution < -0.4 is 4.90 Å². The molecule has 0 amide bonds. The fraction of sp³-hybridized carbons (Fsp3) is 0.688. The van der Waals surface area contributed by atoms with Gasteiger partial charge in [-0.2, -0.15) is 0 Å². The predicted octanol–water partition coefficient (Wildman–Crippen LogP) is 4.38. The zero-order valence-electron chi connectivity index (χ0n) is 12.9. The lowest BCUT2D eigenvalue weighted by Crippen LogP contribution is -2.27. The number of ketones is 1. The first-order valence-corrected chi connectivity index (χ1v) is 7.26. The Hall–Kier alpha value is -1.25. The van der Waals surface area contributed by atoms with Crippen LogP contribution in [0.15, 0.2) is 16.5 Å². The van der Waals surface area contributed by atoms with Crippen molar-refractivity contribution in [2.75, 3.05) is 18.0 Å². The lowest BCUT2D eigenvalue weighted by molar-refractivity contribution is 0.0987. The van der Waals surface area contributed by atoms with E-state index in [2.05, 4.69) is 32.6 Å². The summed E-state index contributed by atoms with van der Waals surface area (Å²) in [6.07, 6.45) is 2.27. The molecule has 0 spiro atoms. The molecule has 108 valence electrons. The van der Waals surface area contributed by atoms with Crippen molar-refractivity contribution in [3.8, 4) is 0 Å². The molecule has 0 radical (unpaired) electrons. The zero-order chi connectivity index (χ0) is 14.4. The normalized spacial score (nSPS) is 11.3. The summed E-state index contributed by atoms with van der Waals surface area (Å²) in [5.41, 5.74) is 0. The minimum absolute atomic E-state index is 0.0149. The van der Waals surface area contributed by atoms with Crippen LogP contribution in [-0.2, 0) is 0 Å². The van der Waals surface area contributed by atoms with Crippen LogP contribution >= 0.6 is 0 Å². The Labute approximate surface area is 117 Å². The third-order valence-corrected chi connectivity index (χ3v) is 3.20. The van der Waals surface area contributed by atoms with E-state index in [1.54, 1.807) is 6.07 Å². The van der Waals surface area contributed by atoms with Crippen molar-refractivity contribution in [3.63, 3.8) is 0 Å². The van der Waals surface area contributed by atoms with Gasteiger partial charge in [0.05, 0.1) is 0 Å². The van der Waals surface area contributed by atoms with Gasteiger partial charge in [0.1, 0.15) is 0 Å². The van der Waals surface area contributed by atoms with Crippen molar-refractivity contribution in [2.24, 2.45) is 11.8 Å². The molecule has 3 nitrogen and oxygen atoms in total. The highest BCUT2D eigenvalue weighted by atomic mass is 16.4. The third-order valence-electron chi connectivity index (χ3n) is 3.20. The van der Waals surface area contributed by atoms with Gasteiger partial charge < -0.3 is 9.32 Å². The van der Waals surface area contributed by atoms with Gasteiger partial charge in [-0.3, -0.25) is 4.79 Å². The minimum Gasteiger partial charge on any atom is -0.437 e. The number of carbonyl (C=O) groups is 1. The molecule has 0 saturated heterocycles. The Morgan fingerprint density at radius 2 is 1.63 bits per heavy atom. The fourth-order valence-electron chi connectivity index (χ4n) is 1.85. The molecule has 0 N–H and O–H groups in total. The molecule has 0 atom stereocenters. The molecular weight excluding hydrogens is 238 g/mol. The highest BCUT2D eigenvalue weighted by molar-refractivity contribution is 5.91. The maximum absolute atomic E-state index is 11.3. The molecular formula is C16H27NO2. The van der Waals surface area contributed by atoms with Gasteiger partial charge in [0.15, 0.2) is 17.4 Å². The number of furan rings is 1. The fourth-order valence-corrected chi connectivity index (χ4v) is 1.85. The second-order valence-electron chi connectivity index (χ2n) is 6.05. The topological polar surface area (TPSA) is 33.5 Å². The van der Waals surface area contributed by atoms with Crippen molar-refractivity contribution < 1.29 is 9.21 Å². The second-order valence-corrected chi connectivity index (χ2v) is 6.05. The van der Waals surface area contributed by atoms with Gasteiger partial charge in [0.2, 0.25) is 0 Å². The lowest BCUT2D eigenvalue weighted by atomic mass is 10.1. The Kier molecular flexibility index (Phi) is 6.13. The van der Waals surface area contributed by atoms with Crippen molar-refractivity contribution in [3.05, 3.63) is 17.9 Å². The van der Waals surface area contributed by atoms with Gasteiger partial charge in [0, 0.05) is 26.1 Å². The molecule has 0 aliphatic heterocycles. The number of rotatable bonds is 8. The first-order valence-electron chi connectivity index (χ1n) is 7.26. The smallest absolute Gasteiger partial charge is 0.196 e. The Morgan fingerprint density at radius 3 is 2.00 bits per heavy atom. The largest absolute Gasteiger partial charge is 0.437 e. The molecule has 3 heteroatoms. The number of hydrogen-bond donors (Lipinski definition) is 0. The van der Waals surface area contributed by atoms with E-state index >= 15 is 0 Å². The Balaban J connectivity index is 2.72. The average molecular weight is 265 g/mol. The van der Waals surface area contributed by atoms with Crippen LogP contribution in [0.25, 0.3) is 0 Å². The van der Waals surface area contributed by atoms with E-state index in [1.807, 2.05) is 6.07 Å². The second kappa shape index (κ2) is 7.37. The van der Waals surface area contributed by atoms with E-state index in [0.717, 1.165) is 31.8 Å². The van der Waals surface area contributed by atoms with E-state index < -0.39 is 0 Å². The van der Waals surface area contributed by atoms with Gasteiger partial charge in [-0.15, -0.1) is 0 Å². The van der Waals surface area contributed by atoms with Crippen LogP contribution in [0.1, 0.15) is 58.0 Å². The van der Waals surface area contributed by atoms with Gasteiger partial charge >= 0.3 is 0 Å². The highest BCUT2D eigenvalue weighted by Gasteiger charge is 2.14. The molecule has 0 unspecified atom stereocenters. The van der Waals surface area contributed by atoms with Gasteiger partial charge in [0.25, 0.3) is 0 Å². The molecule has 0 saturated carbocycles. The molecule has 0 aliphatic rings. The van der Waals surface area contributed by atoms with Crippen molar-refractivity contribution in [1.82, 2.24) is 0 Å². The molecule has 1 aromatic rings. The zero-order valence-corrected chi connectivity index (χ0v) is 12.9. The first-order chi connectivity index (χ1) is 8.90. The van der Waals surface area contributed by atoms with Crippen LogP contribution in [-0.4, -0.2) is 18.9 Å². The monoisotopic (exact) mass is 265 g/mol. The Bertz CT molecular complexity index is 381. The van der Waals surface area contributed by atoms with E-state index in [4.69, 9.17) is 4.42 Å². The van der Waals surface area contributed by atoms with Crippen LogP contribution in [0.2, 0.25) is 0 Å². The number of nitrogens with zero attached hydrogens (tertiary/aromatic N) is 1. The summed E-state index contributed by atoms with van der Waals surface area (Å²) in [4.78, 5) is 13.6. The molecule has 0 aliphatic carbocycles. The van der Waals surface area contributed by atoms with E-state index in [0.29, 0.717) is 17.6 Å². The van der Waals surface area contributed by atoms with Crippen LogP contribution in [0.5, 0.6) is 0 Å². The standard InChI is InChI=1S/C16H27NO2/c1-12(2)8-10-17(11-9-13(3)4)16-7-6-15(19-16)14(5)18/h6-7,12-13H,8-11H2,1-5H3. The summed E-state index contributed by atoms with van der Waals surface area (Å²) in [5.74, 6) is 2.60. The summed E-state index contributed by atoms with van der Waals surface area (Å²) in [6.45, 7) is 12.4. The predicted molar refractivity (Wildman–Crippen MR) is 79.8 cm³/mol. The van der Waals surface area contributed by atoms with E-state index in [9.17, 15) is 4.79 Å². The van der Waals surface area contributed by atoms with Gasteiger partial charge in [-0.05, 0) is 30.7 Å². The van der Waals surface area contributed by atoms with Crippen LogP contribution in [0.3, 0.4) is 0 Å². The van der Waals surface area contributed by atoms with Gasteiger partial charge in [-0.25, -0.2) is 0 Å². The van der Waals surface area contributed by atoms with Crippen molar-refractivity contribution in [1.29, 1.82) is 0 Å². The SMILES string of the molecule is CC(=O)c1ccc(N(CCC(C)C)CCC(C)C)o1. The van der Waals surface area contributed by atoms with Crippen LogP contribution in [0, 0.1) is 11.8 Å². The molecule has 0 aromatic carbocycles. The number of anilines is 1. The third kappa shape index (κ3) is 5.50. The van der Waals surface area contributed by atoms with Gasteiger partial charge in [-0.1, -0.05) is 27.7 Å². The van der Waals surface area contributed by atoms with E-state index in [1.165, 1.54) is 6.92 Å². The molecule has 19 heavy (non-hydrogen) atoms.